The summed E-state index contributed by atoms with van der Waals surface area (Å²) < 4.78 is 0. The van der Waals surface area contributed by atoms with Crippen molar-refractivity contribution < 1.29 is 14.4 Å². The summed E-state index contributed by atoms with van der Waals surface area (Å²) in [6.07, 6.45) is 4.72. The second-order valence-corrected chi connectivity index (χ2v) is 5.17. The Morgan fingerprint density at radius 1 is 1.36 bits per heavy atom. The van der Waals surface area contributed by atoms with E-state index in [0.717, 1.165) is 5.56 Å². The van der Waals surface area contributed by atoms with Crippen LogP contribution in [0.2, 0.25) is 0 Å². The quantitative estimate of drug-likeness (QED) is 0.706. The molecule has 3 amide bonds. The highest BCUT2D eigenvalue weighted by Gasteiger charge is 2.29. The Kier molecular flexibility index (Phi) is 5.30. The van der Waals surface area contributed by atoms with Gasteiger partial charge in [0.15, 0.2) is 0 Å². The summed E-state index contributed by atoms with van der Waals surface area (Å²) in [5.74, 6) is -1.13. The largest absolute Gasteiger partial charge is 0.368 e. The maximum absolute atomic E-state index is 12.0. The molecule has 116 valence electrons. The normalized spacial score (nSPS) is 18.9. The van der Waals surface area contributed by atoms with E-state index in [1.54, 1.807) is 6.08 Å². The van der Waals surface area contributed by atoms with Crippen LogP contribution in [0.25, 0.3) is 6.08 Å². The minimum Gasteiger partial charge on any atom is -0.368 e. The van der Waals surface area contributed by atoms with Crippen molar-refractivity contribution in [1.29, 1.82) is 0 Å². The summed E-state index contributed by atoms with van der Waals surface area (Å²) in [7, 11) is 0. The minimum absolute atomic E-state index is 0.153. The van der Waals surface area contributed by atoms with E-state index in [-0.39, 0.29) is 11.8 Å². The molecule has 1 aliphatic heterocycles. The monoisotopic (exact) mass is 301 g/mol. The first-order valence-electron chi connectivity index (χ1n) is 7.17. The first-order valence-corrected chi connectivity index (χ1v) is 7.17. The summed E-state index contributed by atoms with van der Waals surface area (Å²) in [6.45, 7) is 0. The van der Waals surface area contributed by atoms with E-state index in [1.807, 2.05) is 36.4 Å². The van der Waals surface area contributed by atoms with E-state index in [1.165, 1.54) is 0 Å². The van der Waals surface area contributed by atoms with Gasteiger partial charge in [0.05, 0.1) is 0 Å². The molecule has 0 spiro atoms. The molecule has 0 unspecified atom stereocenters. The summed E-state index contributed by atoms with van der Waals surface area (Å²) in [5, 5.41) is 5.14. The molecule has 0 aromatic heterocycles. The SMILES string of the molecule is NC(=O)[C@H](C/C=C/c1ccccc1)NC(=O)[C@@H]1CCC(=O)N1. The number of rotatable bonds is 6. The maximum Gasteiger partial charge on any atom is 0.243 e. The fourth-order valence-corrected chi connectivity index (χ4v) is 2.23. The number of hydrogen-bond acceptors (Lipinski definition) is 3. The van der Waals surface area contributed by atoms with Gasteiger partial charge in [-0.15, -0.1) is 0 Å². The van der Waals surface area contributed by atoms with Gasteiger partial charge in [-0.25, -0.2) is 0 Å². The van der Waals surface area contributed by atoms with Crippen LogP contribution < -0.4 is 16.4 Å². The second kappa shape index (κ2) is 7.40. The lowest BCUT2D eigenvalue weighted by Gasteiger charge is -2.16. The smallest absolute Gasteiger partial charge is 0.243 e. The molecule has 1 aromatic rings. The highest BCUT2D eigenvalue weighted by Crippen LogP contribution is 2.08. The van der Waals surface area contributed by atoms with Gasteiger partial charge in [0.2, 0.25) is 17.7 Å². The fourth-order valence-electron chi connectivity index (χ4n) is 2.23. The van der Waals surface area contributed by atoms with E-state index in [0.29, 0.717) is 19.3 Å². The fraction of sp³-hybridized carbons (Fsp3) is 0.312. The lowest BCUT2D eigenvalue weighted by molar-refractivity contribution is -0.129. The van der Waals surface area contributed by atoms with Gasteiger partial charge >= 0.3 is 0 Å². The van der Waals surface area contributed by atoms with Crippen LogP contribution >= 0.6 is 0 Å². The van der Waals surface area contributed by atoms with Crippen molar-refractivity contribution in [1.82, 2.24) is 10.6 Å². The molecule has 0 aliphatic carbocycles. The van der Waals surface area contributed by atoms with Crippen molar-refractivity contribution in [2.75, 3.05) is 0 Å². The number of primary amides is 1. The van der Waals surface area contributed by atoms with Gasteiger partial charge in [-0.3, -0.25) is 14.4 Å². The first-order chi connectivity index (χ1) is 10.6. The summed E-state index contributed by atoms with van der Waals surface area (Å²) in [6, 6.07) is 8.24. The third-order valence-corrected chi connectivity index (χ3v) is 3.45. The van der Waals surface area contributed by atoms with Crippen molar-refractivity contribution in [3.8, 4) is 0 Å². The van der Waals surface area contributed by atoms with Gasteiger partial charge in [0.1, 0.15) is 12.1 Å². The molecule has 2 atom stereocenters. The Labute approximate surface area is 128 Å². The van der Waals surface area contributed by atoms with Crippen molar-refractivity contribution in [3.05, 3.63) is 42.0 Å². The highest BCUT2D eigenvalue weighted by atomic mass is 16.2. The number of nitrogens with two attached hydrogens (primary N) is 1. The Hall–Kier alpha value is -2.63. The van der Waals surface area contributed by atoms with Gasteiger partial charge < -0.3 is 16.4 Å². The second-order valence-electron chi connectivity index (χ2n) is 5.17. The van der Waals surface area contributed by atoms with E-state index in [4.69, 9.17) is 5.73 Å². The van der Waals surface area contributed by atoms with Crippen molar-refractivity contribution in [2.45, 2.75) is 31.3 Å². The van der Waals surface area contributed by atoms with Crippen LogP contribution in [0.1, 0.15) is 24.8 Å². The predicted molar refractivity (Wildman–Crippen MR) is 82.4 cm³/mol. The number of carbonyl (C=O) groups excluding carboxylic acids is 3. The molecule has 1 saturated heterocycles. The van der Waals surface area contributed by atoms with Gasteiger partial charge in [-0.1, -0.05) is 42.5 Å². The zero-order valence-electron chi connectivity index (χ0n) is 12.1. The lowest BCUT2D eigenvalue weighted by atomic mass is 10.1. The Balaban J connectivity index is 1.90. The van der Waals surface area contributed by atoms with Crippen LogP contribution in [0.5, 0.6) is 0 Å². The van der Waals surface area contributed by atoms with E-state index < -0.39 is 18.0 Å². The standard InChI is InChI=1S/C16H19N3O3/c17-15(21)12(8-4-7-11-5-2-1-3-6-11)19-16(22)13-9-10-14(20)18-13/h1-7,12-13H,8-10H2,(H2,17,21)(H,18,20)(H,19,22)/b7-4+/t12-,13-/m0/s1. The summed E-state index contributed by atoms with van der Waals surface area (Å²) >= 11 is 0. The predicted octanol–water partition coefficient (Wildman–Crippen LogP) is 0.339. The van der Waals surface area contributed by atoms with Gasteiger partial charge in [0.25, 0.3) is 0 Å². The van der Waals surface area contributed by atoms with Crippen LogP contribution in [-0.2, 0) is 14.4 Å². The molecule has 1 aromatic carbocycles. The Morgan fingerprint density at radius 3 is 2.68 bits per heavy atom. The van der Waals surface area contributed by atoms with Crippen LogP contribution in [0.4, 0.5) is 0 Å². The highest BCUT2D eigenvalue weighted by molar-refractivity contribution is 5.93. The van der Waals surface area contributed by atoms with E-state index in [2.05, 4.69) is 10.6 Å². The maximum atomic E-state index is 12.0. The van der Waals surface area contributed by atoms with Crippen LogP contribution in [0.3, 0.4) is 0 Å². The summed E-state index contributed by atoms with van der Waals surface area (Å²) in [5.41, 5.74) is 6.32. The topological polar surface area (TPSA) is 101 Å². The third-order valence-electron chi connectivity index (χ3n) is 3.45. The van der Waals surface area contributed by atoms with Crippen molar-refractivity contribution in [2.24, 2.45) is 5.73 Å². The van der Waals surface area contributed by atoms with Gasteiger partial charge in [-0.2, -0.15) is 0 Å². The van der Waals surface area contributed by atoms with E-state index >= 15 is 0 Å². The third kappa shape index (κ3) is 4.44. The lowest BCUT2D eigenvalue weighted by Crippen LogP contribution is -2.50. The molecular formula is C16H19N3O3. The van der Waals surface area contributed by atoms with Crippen molar-refractivity contribution >= 4 is 23.8 Å². The Morgan fingerprint density at radius 2 is 2.09 bits per heavy atom. The van der Waals surface area contributed by atoms with Gasteiger partial charge in [-0.05, 0) is 18.4 Å². The number of hydrogen-bond donors (Lipinski definition) is 3. The molecule has 2 rings (SSSR count). The Bertz CT molecular complexity index is 584. The molecule has 4 N–H and O–H groups in total. The number of benzene rings is 1. The number of nitrogens with one attached hydrogen (secondary N) is 2. The zero-order valence-corrected chi connectivity index (χ0v) is 12.1. The average molecular weight is 301 g/mol. The molecule has 1 heterocycles. The average Bonchev–Trinajstić information content (AvgIpc) is 2.93. The van der Waals surface area contributed by atoms with Gasteiger partial charge in [0, 0.05) is 6.42 Å². The molecular weight excluding hydrogens is 282 g/mol. The molecule has 0 saturated carbocycles. The molecule has 0 bridgehead atoms. The first kappa shape index (κ1) is 15.8. The molecule has 6 heteroatoms. The molecule has 1 aliphatic rings. The molecule has 22 heavy (non-hydrogen) atoms. The molecule has 0 radical (unpaired) electrons. The number of amides is 3. The molecule has 1 fully saturated rings. The number of carbonyl (C=O) groups is 3. The van der Waals surface area contributed by atoms with Crippen LogP contribution in [-0.4, -0.2) is 29.8 Å². The van der Waals surface area contributed by atoms with E-state index in [9.17, 15) is 14.4 Å². The molecule has 6 nitrogen and oxygen atoms in total. The zero-order chi connectivity index (χ0) is 15.9. The van der Waals surface area contributed by atoms with Crippen LogP contribution in [0, 0.1) is 0 Å². The minimum atomic E-state index is -0.787. The van der Waals surface area contributed by atoms with Crippen LogP contribution in [0.15, 0.2) is 36.4 Å². The van der Waals surface area contributed by atoms with Crippen molar-refractivity contribution in [3.63, 3.8) is 0 Å². The summed E-state index contributed by atoms with van der Waals surface area (Å²) in [4.78, 5) is 34.5.